The zero-order chi connectivity index (χ0) is 34.3. The van der Waals surface area contributed by atoms with E-state index in [0.717, 1.165) is 33.4 Å². The first kappa shape index (κ1) is 29.1. The number of para-hydroxylation sites is 2. The molecule has 0 radical (unpaired) electrons. The lowest BCUT2D eigenvalue weighted by atomic mass is 9.97. The van der Waals surface area contributed by atoms with Crippen LogP contribution in [0.5, 0.6) is 0 Å². The average Bonchev–Trinajstić information content (AvgIpc) is 3.88. The number of fused-ring (bicyclic) bond motifs is 13. The molecule has 0 fully saturated rings. The lowest BCUT2D eigenvalue weighted by Gasteiger charge is -2.16. The first-order chi connectivity index (χ1) is 25.7. The molecule has 3 heterocycles. The first-order valence-electron chi connectivity index (χ1n) is 17.5. The highest BCUT2D eigenvalue weighted by molar-refractivity contribution is 7.27. The Morgan fingerprint density at radius 3 is 2.02 bits per heavy atom. The number of benzene rings is 8. The summed E-state index contributed by atoms with van der Waals surface area (Å²) in [6.45, 7) is 0. The summed E-state index contributed by atoms with van der Waals surface area (Å²) in [7, 11) is 0. The molecule has 0 saturated heterocycles. The molecular formula is C47H30N4S. The monoisotopic (exact) mass is 682 g/mol. The maximum atomic E-state index is 9.04. The summed E-state index contributed by atoms with van der Waals surface area (Å²) in [5, 5.41) is 19.2. The second kappa shape index (κ2) is 11.2. The number of hydrogen-bond acceptors (Lipinski definition) is 3. The van der Waals surface area contributed by atoms with Gasteiger partial charge < -0.3 is 4.98 Å². The maximum absolute atomic E-state index is 9.04. The van der Waals surface area contributed by atoms with Crippen molar-refractivity contribution < 1.29 is 0 Å². The largest absolute Gasteiger partial charge is 0.353 e. The van der Waals surface area contributed by atoms with Gasteiger partial charge in [0.05, 0.1) is 32.6 Å². The Labute approximate surface area is 302 Å². The van der Waals surface area contributed by atoms with E-state index in [1.165, 1.54) is 69.1 Å². The molecule has 0 unspecified atom stereocenters. The molecule has 0 saturated carbocycles. The van der Waals surface area contributed by atoms with E-state index in [2.05, 4.69) is 130 Å². The number of aromatic amines is 1. The van der Waals surface area contributed by atoms with Crippen LogP contribution in [-0.4, -0.2) is 15.4 Å². The van der Waals surface area contributed by atoms with Crippen LogP contribution in [0.15, 0.2) is 164 Å². The summed E-state index contributed by atoms with van der Waals surface area (Å²) < 4.78 is 4.79. The zero-order valence-electron chi connectivity index (χ0n) is 27.9. The van der Waals surface area contributed by atoms with Gasteiger partial charge in [-0.2, -0.15) is 0 Å². The van der Waals surface area contributed by atoms with Gasteiger partial charge in [0.25, 0.3) is 0 Å². The van der Waals surface area contributed by atoms with Crippen molar-refractivity contribution in [2.45, 2.75) is 0 Å². The summed E-state index contributed by atoms with van der Waals surface area (Å²) in [5.41, 5.74) is 13.7. The van der Waals surface area contributed by atoms with Gasteiger partial charge in [-0.3, -0.25) is 15.5 Å². The van der Waals surface area contributed by atoms with Gasteiger partial charge in [0.1, 0.15) is 0 Å². The fourth-order valence-corrected chi connectivity index (χ4v) is 9.41. The van der Waals surface area contributed by atoms with Crippen LogP contribution in [0.4, 0.5) is 5.69 Å². The molecule has 0 amide bonds. The summed E-state index contributed by atoms with van der Waals surface area (Å²) in [4.78, 5) is 3.84. The average molecular weight is 683 g/mol. The third-order valence-electron chi connectivity index (χ3n) is 10.6. The Hall–Kier alpha value is -6.69. The van der Waals surface area contributed by atoms with Crippen molar-refractivity contribution in [3.8, 4) is 11.1 Å². The molecule has 3 N–H and O–H groups in total. The quantitative estimate of drug-likeness (QED) is 0.156. The van der Waals surface area contributed by atoms with E-state index >= 15 is 0 Å². The van der Waals surface area contributed by atoms with E-state index in [-0.39, 0.29) is 0 Å². The van der Waals surface area contributed by atoms with Crippen LogP contribution in [0, 0.1) is 5.41 Å². The number of nitrogens with one attached hydrogen (secondary N) is 3. The highest BCUT2D eigenvalue weighted by Crippen LogP contribution is 2.46. The van der Waals surface area contributed by atoms with Crippen LogP contribution in [0.2, 0.25) is 0 Å². The molecule has 11 aromatic rings. The summed E-state index contributed by atoms with van der Waals surface area (Å²) >= 11 is 1.88. The van der Waals surface area contributed by atoms with E-state index in [1.54, 1.807) is 0 Å². The third-order valence-corrected chi connectivity index (χ3v) is 11.8. The van der Waals surface area contributed by atoms with Crippen LogP contribution in [-0.2, 0) is 0 Å². The molecule has 0 spiro atoms. The Balaban J connectivity index is 1.07. The van der Waals surface area contributed by atoms with Crippen molar-refractivity contribution in [1.82, 2.24) is 9.66 Å². The standard InChI is InChI=1S/C47H30N4S/c48-45(28-12-2-1-3-13-28)34-17-6-9-19-39(34)50-51-40-20-10-7-14-31(40)36-26-30(23-25-41(36)51)29-22-24-38-37(27-29)43-32-15-4-5-16-33(32)44-35-18-8-11-21-42(35)52-47(44)46(43)49-38/h1-27,48-50H. The fraction of sp³-hybridized carbons (Fsp3) is 0. The van der Waals surface area contributed by atoms with Crippen molar-refractivity contribution in [2.24, 2.45) is 0 Å². The summed E-state index contributed by atoms with van der Waals surface area (Å²) in [6.07, 6.45) is 0. The van der Waals surface area contributed by atoms with E-state index in [0.29, 0.717) is 5.71 Å². The lowest BCUT2D eigenvalue weighted by molar-refractivity contribution is 1.06. The van der Waals surface area contributed by atoms with Crippen LogP contribution in [0.1, 0.15) is 11.1 Å². The van der Waals surface area contributed by atoms with Crippen molar-refractivity contribution >= 4 is 97.3 Å². The number of anilines is 1. The maximum Gasteiger partial charge on any atom is 0.0710 e. The minimum absolute atomic E-state index is 0.486. The van der Waals surface area contributed by atoms with E-state index in [1.807, 2.05) is 59.9 Å². The molecule has 0 aliphatic rings. The predicted octanol–water partition coefficient (Wildman–Crippen LogP) is 12.9. The van der Waals surface area contributed by atoms with E-state index < -0.39 is 0 Å². The molecule has 0 aliphatic carbocycles. The minimum atomic E-state index is 0.486. The fourth-order valence-electron chi connectivity index (χ4n) is 8.18. The Morgan fingerprint density at radius 2 is 1.17 bits per heavy atom. The first-order valence-corrected chi connectivity index (χ1v) is 18.3. The lowest BCUT2D eigenvalue weighted by Crippen LogP contribution is -2.13. The number of hydrogen-bond donors (Lipinski definition) is 3. The molecule has 8 aromatic carbocycles. The summed E-state index contributed by atoms with van der Waals surface area (Å²) in [5.74, 6) is 0. The van der Waals surface area contributed by atoms with Gasteiger partial charge in [0, 0.05) is 53.7 Å². The van der Waals surface area contributed by atoms with Gasteiger partial charge in [-0.05, 0) is 64.4 Å². The van der Waals surface area contributed by atoms with Crippen molar-refractivity contribution in [3.63, 3.8) is 0 Å². The smallest absolute Gasteiger partial charge is 0.0710 e. The Morgan fingerprint density at radius 1 is 0.538 bits per heavy atom. The molecule has 5 heteroatoms. The van der Waals surface area contributed by atoms with Crippen LogP contribution < -0.4 is 5.43 Å². The third kappa shape index (κ3) is 4.23. The topological polar surface area (TPSA) is 56.6 Å². The Kier molecular flexibility index (Phi) is 6.24. The van der Waals surface area contributed by atoms with Gasteiger partial charge in [-0.1, -0.05) is 121 Å². The van der Waals surface area contributed by atoms with E-state index in [9.17, 15) is 0 Å². The highest BCUT2D eigenvalue weighted by Gasteiger charge is 2.19. The highest BCUT2D eigenvalue weighted by atomic mass is 32.1. The van der Waals surface area contributed by atoms with Gasteiger partial charge in [0.15, 0.2) is 0 Å². The molecule has 244 valence electrons. The van der Waals surface area contributed by atoms with Gasteiger partial charge >= 0.3 is 0 Å². The second-order valence-corrected chi connectivity index (χ2v) is 14.5. The van der Waals surface area contributed by atoms with Crippen LogP contribution >= 0.6 is 11.3 Å². The molecule has 11 rings (SSSR count). The molecule has 0 bridgehead atoms. The number of aromatic nitrogens is 2. The van der Waals surface area contributed by atoms with Gasteiger partial charge in [-0.25, -0.2) is 0 Å². The number of rotatable bonds is 5. The molecule has 4 nitrogen and oxygen atoms in total. The second-order valence-electron chi connectivity index (χ2n) is 13.5. The molecule has 0 atom stereocenters. The van der Waals surface area contributed by atoms with Crippen molar-refractivity contribution in [2.75, 3.05) is 5.43 Å². The molecule has 3 aromatic heterocycles. The predicted molar refractivity (Wildman–Crippen MR) is 222 cm³/mol. The minimum Gasteiger partial charge on any atom is -0.353 e. The van der Waals surface area contributed by atoms with Crippen LogP contribution in [0.3, 0.4) is 0 Å². The van der Waals surface area contributed by atoms with Crippen molar-refractivity contribution in [1.29, 1.82) is 5.41 Å². The molecular weight excluding hydrogens is 653 g/mol. The number of H-pyrrole nitrogens is 1. The van der Waals surface area contributed by atoms with Crippen molar-refractivity contribution in [3.05, 3.63) is 175 Å². The SMILES string of the molecule is N=C(c1ccccc1)c1ccccc1Nn1c2ccccc2c2cc(-c3ccc4[nH]c5c6sc7ccccc7c6c6ccccc6c5c4c3)ccc21. The number of nitrogens with zero attached hydrogens (tertiary/aromatic N) is 1. The summed E-state index contributed by atoms with van der Waals surface area (Å²) in [6, 6.07) is 57.8. The zero-order valence-corrected chi connectivity index (χ0v) is 28.8. The molecule has 0 aliphatic heterocycles. The van der Waals surface area contributed by atoms with Gasteiger partial charge in [-0.15, -0.1) is 11.3 Å². The normalized spacial score (nSPS) is 11.9. The van der Waals surface area contributed by atoms with Crippen LogP contribution in [0.25, 0.3) is 85.7 Å². The van der Waals surface area contributed by atoms with E-state index in [4.69, 9.17) is 5.41 Å². The number of thiophene rings is 1. The Bertz CT molecular complexity index is 3240. The van der Waals surface area contributed by atoms with Gasteiger partial charge in [0.2, 0.25) is 0 Å². The molecule has 52 heavy (non-hydrogen) atoms.